The summed E-state index contributed by atoms with van der Waals surface area (Å²) in [5, 5.41) is 2.33. The molecule has 1 fully saturated rings. The van der Waals surface area contributed by atoms with E-state index >= 15 is 0 Å². The number of halogens is 2. The second kappa shape index (κ2) is 7.57. The van der Waals surface area contributed by atoms with Crippen molar-refractivity contribution in [3.63, 3.8) is 0 Å². The van der Waals surface area contributed by atoms with E-state index in [1.54, 1.807) is 11.0 Å². The number of hydrogen-bond donors (Lipinski definition) is 1. The van der Waals surface area contributed by atoms with Crippen LogP contribution in [0, 0.1) is 11.6 Å². The molecule has 3 rings (SSSR count). The number of benzene rings is 1. The van der Waals surface area contributed by atoms with Crippen LogP contribution in [-0.2, 0) is 0 Å². The smallest absolute Gasteiger partial charge is 0.274 e. The molecule has 2 aromatic rings. The van der Waals surface area contributed by atoms with Gasteiger partial charge >= 0.3 is 0 Å². The van der Waals surface area contributed by atoms with Crippen molar-refractivity contribution in [1.29, 1.82) is 0 Å². The first-order valence-corrected chi connectivity index (χ1v) is 8.15. The summed E-state index contributed by atoms with van der Waals surface area (Å²) in [6.45, 7) is 2.73. The SMILES string of the molecule is CN1CCN(C(=O)c2cccc(C(=O)Nc3ccc(F)cc3F)n2)CC1. The van der Waals surface area contributed by atoms with Gasteiger partial charge in [-0.25, -0.2) is 13.8 Å². The number of amides is 2. The summed E-state index contributed by atoms with van der Waals surface area (Å²) in [4.78, 5) is 32.7. The lowest BCUT2D eigenvalue weighted by Crippen LogP contribution is -2.47. The third-order valence-corrected chi connectivity index (χ3v) is 4.17. The molecule has 1 aliphatic heterocycles. The summed E-state index contributed by atoms with van der Waals surface area (Å²) >= 11 is 0. The van der Waals surface area contributed by atoms with Gasteiger partial charge in [-0.3, -0.25) is 9.59 Å². The monoisotopic (exact) mass is 360 g/mol. The predicted octanol–water partition coefficient (Wildman–Crippen LogP) is 2.00. The Morgan fingerprint density at radius 1 is 1.04 bits per heavy atom. The molecular weight excluding hydrogens is 342 g/mol. The van der Waals surface area contributed by atoms with Gasteiger partial charge in [0.1, 0.15) is 23.0 Å². The highest BCUT2D eigenvalue weighted by molar-refractivity contribution is 6.03. The van der Waals surface area contributed by atoms with Gasteiger partial charge in [-0.1, -0.05) is 6.07 Å². The fourth-order valence-electron chi connectivity index (χ4n) is 2.63. The number of piperazine rings is 1. The highest BCUT2D eigenvalue weighted by Crippen LogP contribution is 2.16. The van der Waals surface area contributed by atoms with Crippen LogP contribution in [0.2, 0.25) is 0 Å². The van der Waals surface area contributed by atoms with E-state index in [0.29, 0.717) is 19.2 Å². The van der Waals surface area contributed by atoms with Crippen LogP contribution in [-0.4, -0.2) is 59.8 Å². The number of pyridine rings is 1. The van der Waals surface area contributed by atoms with E-state index < -0.39 is 17.5 Å². The molecule has 26 heavy (non-hydrogen) atoms. The summed E-state index contributed by atoms with van der Waals surface area (Å²) in [6.07, 6.45) is 0. The molecule has 2 heterocycles. The van der Waals surface area contributed by atoms with Crippen LogP contribution in [0.4, 0.5) is 14.5 Å². The van der Waals surface area contributed by atoms with Gasteiger partial charge in [-0.05, 0) is 31.3 Å². The summed E-state index contributed by atoms with van der Waals surface area (Å²) in [5.41, 5.74) is -0.0236. The van der Waals surface area contributed by atoms with Crippen molar-refractivity contribution in [2.24, 2.45) is 0 Å². The molecular formula is C18H18F2N4O2. The minimum atomic E-state index is -0.886. The first kappa shape index (κ1) is 17.9. The van der Waals surface area contributed by atoms with E-state index in [-0.39, 0.29) is 23.0 Å². The Morgan fingerprint density at radius 3 is 2.42 bits per heavy atom. The van der Waals surface area contributed by atoms with Gasteiger partial charge in [-0.15, -0.1) is 0 Å². The number of rotatable bonds is 3. The first-order chi connectivity index (χ1) is 12.4. The van der Waals surface area contributed by atoms with E-state index in [4.69, 9.17) is 0 Å². The Morgan fingerprint density at radius 2 is 1.73 bits per heavy atom. The van der Waals surface area contributed by atoms with Crippen molar-refractivity contribution >= 4 is 17.5 Å². The van der Waals surface area contributed by atoms with Crippen molar-refractivity contribution in [3.05, 3.63) is 59.4 Å². The zero-order valence-corrected chi connectivity index (χ0v) is 14.2. The average Bonchev–Trinajstić information content (AvgIpc) is 2.64. The Hall–Kier alpha value is -2.87. The number of nitrogens with zero attached hydrogens (tertiary/aromatic N) is 3. The predicted molar refractivity (Wildman–Crippen MR) is 91.9 cm³/mol. The second-order valence-electron chi connectivity index (χ2n) is 6.08. The molecule has 0 saturated carbocycles. The average molecular weight is 360 g/mol. The van der Waals surface area contributed by atoms with Crippen LogP contribution >= 0.6 is 0 Å². The number of carbonyl (C=O) groups is 2. The summed E-state index contributed by atoms with van der Waals surface area (Å²) in [7, 11) is 1.99. The molecule has 0 aliphatic carbocycles. The highest BCUT2D eigenvalue weighted by Gasteiger charge is 2.22. The quantitative estimate of drug-likeness (QED) is 0.909. The van der Waals surface area contributed by atoms with Crippen LogP contribution < -0.4 is 5.32 Å². The molecule has 1 saturated heterocycles. The van der Waals surface area contributed by atoms with Crippen LogP contribution in [0.15, 0.2) is 36.4 Å². The van der Waals surface area contributed by atoms with Gasteiger partial charge < -0.3 is 15.1 Å². The van der Waals surface area contributed by atoms with E-state index in [0.717, 1.165) is 25.2 Å². The molecule has 1 N–H and O–H groups in total. The Kier molecular flexibility index (Phi) is 5.22. The fraction of sp³-hybridized carbons (Fsp3) is 0.278. The molecule has 0 radical (unpaired) electrons. The van der Waals surface area contributed by atoms with Crippen LogP contribution in [0.5, 0.6) is 0 Å². The normalized spacial score (nSPS) is 15.0. The van der Waals surface area contributed by atoms with E-state index in [1.807, 2.05) is 7.05 Å². The number of nitrogens with one attached hydrogen (secondary N) is 1. The maximum Gasteiger partial charge on any atom is 0.274 e. The zero-order valence-electron chi connectivity index (χ0n) is 14.2. The number of hydrogen-bond acceptors (Lipinski definition) is 4. The van der Waals surface area contributed by atoms with Crippen LogP contribution in [0.1, 0.15) is 21.0 Å². The topological polar surface area (TPSA) is 65.5 Å². The first-order valence-electron chi connectivity index (χ1n) is 8.15. The van der Waals surface area contributed by atoms with Crippen molar-refractivity contribution < 1.29 is 18.4 Å². The van der Waals surface area contributed by atoms with Gasteiger partial charge in [0.05, 0.1) is 5.69 Å². The van der Waals surface area contributed by atoms with Gasteiger partial charge in [-0.2, -0.15) is 0 Å². The summed E-state index contributed by atoms with van der Waals surface area (Å²) in [6, 6.07) is 7.36. The minimum Gasteiger partial charge on any atom is -0.335 e. The largest absolute Gasteiger partial charge is 0.335 e. The zero-order chi connectivity index (χ0) is 18.7. The minimum absolute atomic E-state index is 0.0197. The van der Waals surface area contributed by atoms with Gasteiger partial charge in [0.15, 0.2) is 0 Å². The van der Waals surface area contributed by atoms with Crippen molar-refractivity contribution in [2.75, 3.05) is 38.5 Å². The molecule has 1 aromatic carbocycles. The van der Waals surface area contributed by atoms with Crippen LogP contribution in [0.3, 0.4) is 0 Å². The molecule has 0 spiro atoms. The lowest BCUT2D eigenvalue weighted by atomic mass is 10.2. The third-order valence-electron chi connectivity index (χ3n) is 4.17. The Balaban J connectivity index is 1.74. The molecule has 136 valence electrons. The lowest BCUT2D eigenvalue weighted by Gasteiger charge is -2.32. The van der Waals surface area contributed by atoms with Gasteiger partial charge in [0.2, 0.25) is 0 Å². The summed E-state index contributed by atoms with van der Waals surface area (Å²) in [5.74, 6) is -2.55. The fourth-order valence-corrected chi connectivity index (χ4v) is 2.63. The number of likely N-dealkylation sites (N-methyl/N-ethyl adjacent to an activating group) is 1. The Bertz CT molecular complexity index is 836. The summed E-state index contributed by atoms with van der Waals surface area (Å²) < 4.78 is 26.6. The van der Waals surface area contributed by atoms with Crippen molar-refractivity contribution in [1.82, 2.24) is 14.8 Å². The molecule has 1 aromatic heterocycles. The number of aromatic nitrogens is 1. The molecule has 0 atom stereocenters. The molecule has 8 heteroatoms. The molecule has 6 nitrogen and oxygen atoms in total. The van der Waals surface area contributed by atoms with Crippen molar-refractivity contribution in [3.8, 4) is 0 Å². The van der Waals surface area contributed by atoms with E-state index in [1.165, 1.54) is 12.1 Å². The molecule has 0 bridgehead atoms. The lowest BCUT2D eigenvalue weighted by molar-refractivity contribution is 0.0658. The van der Waals surface area contributed by atoms with Gasteiger partial charge in [0, 0.05) is 32.2 Å². The maximum atomic E-state index is 13.7. The third kappa shape index (κ3) is 4.02. The van der Waals surface area contributed by atoms with Gasteiger partial charge in [0.25, 0.3) is 11.8 Å². The molecule has 1 aliphatic rings. The molecule has 2 amide bonds. The Labute approximate surface area is 149 Å². The standard InChI is InChI=1S/C18H18F2N4O2/c1-23-7-9-24(10-8-23)18(26)16-4-2-3-15(21-16)17(25)22-14-6-5-12(19)11-13(14)20/h2-6,11H,7-10H2,1H3,(H,22,25). The van der Waals surface area contributed by atoms with Crippen molar-refractivity contribution in [2.45, 2.75) is 0 Å². The highest BCUT2D eigenvalue weighted by atomic mass is 19.1. The number of anilines is 1. The van der Waals surface area contributed by atoms with Crippen LogP contribution in [0.25, 0.3) is 0 Å². The number of carbonyl (C=O) groups excluding carboxylic acids is 2. The second-order valence-corrected chi connectivity index (χ2v) is 6.08. The molecule has 0 unspecified atom stereocenters. The van der Waals surface area contributed by atoms with E-state index in [2.05, 4.69) is 15.2 Å². The maximum absolute atomic E-state index is 13.7. The van der Waals surface area contributed by atoms with E-state index in [9.17, 15) is 18.4 Å².